The molecule has 4 N–H and O–H groups in total. The number of fused-ring (bicyclic) bond motifs is 1. The first-order chi connectivity index (χ1) is 13.4. The van der Waals surface area contributed by atoms with Gasteiger partial charge in [0, 0.05) is 4.75 Å². The van der Waals surface area contributed by atoms with Gasteiger partial charge in [-0.25, -0.2) is 5.10 Å². The zero-order chi connectivity index (χ0) is 19.9. The van der Waals surface area contributed by atoms with Gasteiger partial charge in [0.15, 0.2) is 5.82 Å². The van der Waals surface area contributed by atoms with Crippen molar-refractivity contribution in [2.24, 2.45) is 5.73 Å². The monoisotopic (exact) mass is 401 g/mol. The van der Waals surface area contributed by atoms with Crippen molar-refractivity contribution in [1.82, 2.24) is 30.8 Å². The number of nitrogens with zero attached hydrogens (tertiary/aromatic N) is 4. The van der Waals surface area contributed by atoms with Crippen molar-refractivity contribution in [2.45, 2.75) is 48.9 Å². The van der Waals surface area contributed by atoms with Crippen LogP contribution in [0.1, 0.15) is 36.8 Å². The molecule has 2 unspecified atom stereocenters. The number of hydrogen-bond donors (Lipinski definition) is 3. The van der Waals surface area contributed by atoms with Gasteiger partial charge in [-0.05, 0) is 48.4 Å². The molecule has 2 saturated heterocycles. The lowest BCUT2D eigenvalue weighted by atomic mass is 9.95. The van der Waals surface area contributed by atoms with Gasteiger partial charge in [-0.2, -0.15) is 0 Å². The Labute approximate surface area is 166 Å². The molecular formula is C18H23N7O2S. The van der Waals surface area contributed by atoms with Gasteiger partial charge >= 0.3 is 0 Å². The van der Waals surface area contributed by atoms with Gasteiger partial charge in [0.05, 0.1) is 6.42 Å². The molecule has 1 aromatic carbocycles. The third kappa shape index (κ3) is 3.26. The number of carbonyl (C=O) groups excluding carboxylic acids is 2. The fourth-order valence-electron chi connectivity index (χ4n) is 3.87. The maximum atomic E-state index is 12.7. The van der Waals surface area contributed by atoms with E-state index in [2.05, 4.69) is 39.8 Å². The number of aromatic amines is 1. The highest BCUT2D eigenvalue weighted by molar-refractivity contribution is 8.01. The number of aromatic nitrogens is 4. The number of rotatable bonds is 6. The summed E-state index contributed by atoms with van der Waals surface area (Å²) in [5.41, 5.74) is 7.61. The predicted molar refractivity (Wildman–Crippen MR) is 104 cm³/mol. The van der Waals surface area contributed by atoms with Gasteiger partial charge in [-0.15, -0.1) is 16.9 Å². The van der Waals surface area contributed by atoms with Crippen LogP contribution in [0.15, 0.2) is 24.3 Å². The zero-order valence-corrected chi connectivity index (χ0v) is 16.6. The number of thioether (sulfide) groups is 1. The third-order valence-corrected chi connectivity index (χ3v) is 6.77. The van der Waals surface area contributed by atoms with Crippen molar-refractivity contribution in [3.63, 3.8) is 0 Å². The van der Waals surface area contributed by atoms with Crippen molar-refractivity contribution in [2.75, 3.05) is 6.54 Å². The van der Waals surface area contributed by atoms with E-state index in [1.54, 1.807) is 16.7 Å². The maximum Gasteiger partial charge on any atom is 0.249 e. The van der Waals surface area contributed by atoms with Crippen molar-refractivity contribution in [1.29, 1.82) is 0 Å². The molecule has 0 saturated carbocycles. The molecule has 9 nitrogen and oxygen atoms in total. The molecule has 4 rings (SSSR count). The molecule has 2 amide bonds. The van der Waals surface area contributed by atoms with Gasteiger partial charge in [0.1, 0.15) is 17.5 Å². The van der Waals surface area contributed by atoms with E-state index in [-0.39, 0.29) is 34.4 Å². The third-order valence-electron chi connectivity index (χ3n) is 5.20. The number of H-pyrrole nitrogens is 1. The summed E-state index contributed by atoms with van der Waals surface area (Å²) in [5.74, 6) is 0.305. The fourth-order valence-corrected chi connectivity index (χ4v) is 5.51. The summed E-state index contributed by atoms with van der Waals surface area (Å²) < 4.78 is -0.264. The van der Waals surface area contributed by atoms with Crippen LogP contribution in [-0.4, -0.2) is 60.0 Å². The van der Waals surface area contributed by atoms with E-state index < -0.39 is 6.04 Å². The molecule has 10 heteroatoms. The first-order valence-electron chi connectivity index (χ1n) is 9.21. The van der Waals surface area contributed by atoms with Gasteiger partial charge in [-0.1, -0.05) is 24.3 Å². The minimum Gasteiger partial charge on any atom is -0.341 e. The summed E-state index contributed by atoms with van der Waals surface area (Å²) in [4.78, 5) is 27.0. The zero-order valence-electron chi connectivity index (χ0n) is 15.8. The SMILES string of the molecule is CC1(C)S[C@@H]2C(NC(=O)Cc3ccc(CCN)cc3)C(=O)N2C1c1nnn[nH]1. The number of nitrogens with two attached hydrogens (primary N) is 1. The lowest BCUT2D eigenvalue weighted by molar-refractivity contribution is -0.151. The normalized spacial score (nSPS) is 25.3. The minimum atomic E-state index is -0.519. The summed E-state index contributed by atoms with van der Waals surface area (Å²) in [6.07, 6.45) is 1.05. The summed E-state index contributed by atoms with van der Waals surface area (Å²) in [7, 11) is 0. The quantitative estimate of drug-likeness (QED) is 0.588. The van der Waals surface area contributed by atoms with E-state index >= 15 is 0 Å². The highest BCUT2D eigenvalue weighted by atomic mass is 32.2. The second-order valence-corrected chi connectivity index (χ2v) is 9.39. The van der Waals surface area contributed by atoms with Crippen LogP contribution in [0.3, 0.4) is 0 Å². The molecular weight excluding hydrogens is 378 g/mol. The van der Waals surface area contributed by atoms with Crippen LogP contribution in [0.2, 0.25) is 0 Å². The number of amides is 2. The topological polar surface area (TPSA) is 130 Å². The van der Waals surface area contributed by atoms with Gasteiger partial charge in [-0.3, -0.25) is 9.59 Å². The minimum absolute atomic E-state index is 0.101. The Kier molecular flexibility index (Phi) is 4.84. The average Bonchev–Trinajstić information content (AvgIpc) is 3.26. The molecule has 3 heterocycles. The number of β-lactam (4-membered cyclic amide) rings is 1. The number of hydrogen-bond acceptors (Lipinski definition) is 7. The summed E-state index contributed by atoms with van der Waals surface area (Å²) in [6, 6.07) is 7.07. The average molecular weight is 401 g/mol. The number of tetrazole rings is 1. The van der Waals surface area contributed by atoms with Crippen LogP contribution in [0, 0.1) is 0 Å². The van der Waals surface area contributed by atoms with Crippen molar-refractivity contribution >= 4 is 23.6 Å². The van der Waals surface area contributed by atoms with Crippen LogP contribution < -0.4 is 11.1 Å². The molecule has 2 fully saturated rings. The van der Waals surface area contributed by atoms with Crippen molar-refractivity contribution in [3.05, 3.63) is 41.2 Å². The lowest BCUT2D eigenvalue weighted by Crippen LogP contribution is -2.68. The van der Waals surface area contributed by atoms with Gasteiger partial charge in [0.2, 0.25) is 11.8 Å². The van der Waals surface area contributed by atoms with E-state index in [4.69, 9.17) is 5.73 Å². The van der Waals surface area contributed by atoms with E-state index in [1.165, 1.54) is 0 Å². The van der Waals surface area contributed by atoms with Crippen LogP contribution >= 0.6 is 11.8 Å². The van der Waals surface area contributed by atoms with Gasteiger partial charge < -0.3 is 16.0 Å². The second-order valence-electron chi connectivity index (χ2n) is 7.62. The van der Waals surface area contributed by atoms with Crippen LogP contribution in [-0.2, 0) is 22.4 Å². The number of carbonyl (C=O) groups is 2. The molecule has 1 aromatic heterocycles. The maximum absolute atomic E-state index is 12.7. The molecule has 0 bridgehead atoms. The Morgan fingerprint density at radius 2 is 2.04 bits per heavy atom. The Bertz CT molecular complexity index is 869. The lowest BCUT2D eigenvalue weighted by Gasteiger charge is -2.44. The summed E-state index contributed by atoms with van der Waals surface area (Å²) in [5, 5.41) is 16.8. The highest BCUT2D eigenvalue weighted by Crippen LogP contribution is 2.56. The standard InChI is InChI=1S/C18H23N7O2S/c1-18(2)14(15-21-23-24-22-15)25-16(27)13(17(25)28-18)20-12(26)9-11-5-3-10(4-6-11)7-8-19/h3-6,13-14,17H,7-9,19H2,1-2H3,(H,20,26)(H,21,22,23,24)/t13?,14?,17-/m1/s1. The molecule has 0 spiro atoms. The molecule has 2 aromatic rings. The van der Waals surface area contributed by atoms with Crippen molar-refractivity contribution < 1.29 is 9.59 Å². The van der Waals surface area contributed by atoms with Crippen LogP contribution in [0.4, 0.5) is 0 Å². The molecule has 2 aliphatic heterocycles. The van der Waals surface area contributed by atoms with E-state index in [0.29, 0.717) is 12.4 Å². The summed E-state index contributed by atoms with van der Waals surface area (Å²) >= 11 is 1.65. The fraction of sp³-hybridized carbons (Fsp3) is 0.500. The Morgan fingerprint density at radius 1 is 1.32 bits per heavy atom. The highest BCUT2D eigenvalue weighted by Gasteiger charge is 2.63. The van der Waals surface area contributed by atoms with Crippen LogP contribution in [0.25, 0.3) is 0 Å². The number of nitrogens with one attached hydrogen (secondary N) is 2. The molecule has 0 radical (unpaired) electrons. The molecule has 2 aliphatic rings. The first kappa shape index (κ1) is 18.9. The molecule has 148 valence electrons. The molecule has 3 atom stereocenters. The molecule has 28 heavy (non-hydrogen) atoms. The van der Waals surface area contributed by atoms with E-state index in [1.807, 2.05) is 24.3 Å². The first-order valence-corrected chi connectivity index (χ1v) is 10.1. The van der Waals surface area contributed by atoms with E-state index in [9.17, 15) is 9.59 Å². The van der Waals surface area contributed by atoms with Crippen molar-refractivity contribution in [3.8, 4) is 0 Å². The van der Waals surface area contributed by atoms with E-state index in [0.717, 1.165) is 17.5 Å². The predicted octanol–water partition coefficient (Wildman–Crippen LogP) is 0.163. The Balaban J connectivity index is 1.40. The van der Waals surface area contributed by atoms with Gasteiger partial charge in [0.25, 0.3) is 0 Å². The summed E-state index contributed by atoms with van der Waals surface area (Å²) in [6.45, 7) is 4.71. The number of benzene rings is 1. The molecule has 0 aliphatic carbocycles. The van der Waals surface area contributed by atoms with Crippen LogP contribution in [0.5, 0.6) is 0 Å². The largest absolute Gasteiger partial charge is 0.341 e. The smallest absolute Gasteiger partial charge is 0.249 e. The second kappa shape index (κ2) is 7.17. The Hall–Kier alpha value is -2.46. The Morgan fingerprint density at radius 3 is 2.68 bits per heavy atom.